The fraction of sp³-hybridized carbons (Fsp3) is 0.125. The van der Waals surface area contributed by atoms with Crippen LogP contribution in [-0.4, -0.2) is 20.0 Å². The van der Waals surface area contributed by atoms with Crippen LogP contribution in [-0.2, 0) is 0 Å². The molecule has 2 heterocycles. The minimum Gasteiger partial charge on any atom is -0.218 e. The van der Waals surface area contributed by atoms with Gasteiger partial charge in [0.2, 0.25) is 0 Å². The van der Waals surface area contributed by atoms with E-state index in [0.717, 1.165) is 5.69 Å². The SMILES string of the molecule is Cc1ccnn1-c1ccc(Cl)nn1. The zero-order valence-corrected chi connectivity index (χ0v) is 7.73. The topological polar surface area (TPSA) is 43.6 Å². The van der Waals surface area contributed by atoms with Gasteiger partial charge in [-0.15, -0.1) is 10.2 Å². The van der Waals surface area contributed by atoms with Gasteiger partial charge < -0.3 is 0 Å². The lowest BCUT2D eigenvalue weighted by Gasteiger charge is -2.00. The lowest BCUT2D eigenvalue weighted by Crippen LogP contribution is -2.02. The van der Waals surface area contributed by atoms with Crippen molar-refractivity contribution in [3.05, 3.63) is 35.2 Å². The van der Waals surface area contributed by atoms with Gasteiger partial charge in [0, 0.05) is 11.9 Å². The molecule has 2 rings (SSSR count). The molecule has 0 fully saturated rings. The Hall–Kier alpha value is -1.42. The van der Waals surface area contributed by atoms with Crippen LogP contribution in [0.4, 0.5) is 0 Å². The first kappa shape index (κ1) is 8.19. The van der Waals surface area contributed by atoms with Crippen molar-refractivity contribution in [2.75, 3.05) is 0 Å². The molecule has 2 aromatic rings. The molecule has 0 spiro atoms. The number of aromatic nitrogens is 4. The Labute approximate surface area is 80.2 Å². The van der Waals surface area contributed by atoms with Gasteiger partial charge in [0.1, 0.15) is 0 Å². The second kappa shape index (κ2) is 3.14. The molecule has 0 N–H and O–H groups in total. The predicted octanol–water partition coefficient (Wildman–Crippen LogP) is 1.62. The van der Waals surface area contributed by atoms with E-state index >= 15 is 0 Å². The average Bonchev–Trinajstić information content (AvgIpc) is 2.53. The highest BCUT2D eigenvalue weighted by molar-refractivity contribution is 6.29. The van der Waals surface area contributed by atoms with E-state index in [-0.39, 0.29) is 0 Å². The van der Waals surface area contributed by atoms with Gasteiger partial charge in [-0.1, -0.05) is 11.6 Å². The maximum atomic E-state index is 5.61. The summed E-state index contributed by atoms with van der Waals surface area (Å²) in [4.78, 5) is 0. The quantitative estimate of drug-likeness (QED) is 0.693. The van der Waals surface area contributed by atoms with Crippen LogP contribution in [0.5, 0.6) is 0 Å². The molecule has 0 saturated carbocycles. The van der Waals surface area contributed by atoms with E-state index in [1.807, 2.05) is 13.0 Å². The van der Waals surface area contributed by atoms with Gasteiger partial charge in [0.25, 0.3) is 0 Å². The van der Waals surface area contributed by atoms with Gasteiger partial charge in [0.15, 0.2) is 11.0 Å². The van der Waals surface area contributed by atoms with Crippen molar-refractivity contribution in [3.8, 4) is 5.82 Å². The predicted molar refractivity (Wildman–Crippen MR) is 48.9 cm³/mol. The van der Waals surface area contributed by atoms with Crippen molar-refractivity contribution in [1.29, 1.82) is 0 Å². The van der Waals surface area contributed by atoms with Gasteiger partial charge in [-0.25, -0.2) is 4.68 Å². The van der Waals surface area contributed by atoms with Crippen molar-refractivity contribution in [2.24, 2.45) is 0 Å². The van der Waals surface area contributed by atoms with Crippen molar-refractivity contribution >= 4 is 11.6 Å². The number of hydrogen-bond acceptors (Lipinski definition) is 3. The molecule has 5 heteroatoms. The molecule has 0 aliphatic heterocycles. The molecule has 0 saturated heterocycles. The Morgan fingerprint density at radius 3 is 2.62 bits per heavy atom. The third-order valence-corrected chi connectivity index (χ3v) is 1.87. The Morgan fingerprint density at radius 2 is 2.08 bits per heavy atom. The van der Waals surface area contributed by atoms with Gasteiger partial charge in [0.05, 0.1) is 0 Å². The van der Waals surface area contributed by atoms with Crippen LogP contribution >= 0.6 is 11.6 Å². The molecule has 0 atom stereocenters. The summed E-state index contributed by atoms with van der Waals surface area (Å²) in [7, 11) is 0. The van der Waals surface area contributed by atoms with Gasteiger partial charge in [-0.3, -0.25) is 0 Å². The Balaban J connectivity index is 2.47. The first-order valence-electron chi connectivity index (χ1n) is 3.77. The summed E-state index contributed by atoms with van der Waals surface area (Å²) in [6, 6.07) is 5.36. The third-order valence-electron chi connectivity index (χ3n) is 1.67. The summed E-state index contributed by atoms with van der Waals surface area (Å²) in [5, 5.41) is 12.1. The fourth-order valence-corrected chi connectivity index (χ4v) is 1.13. The zero-order chi connectivity index (χ0) is 9.26. The van der Waals surface area contributed by atoms with E-state index < -0.39 is 0 Å². The third kappa shape index (κ3) is 1.53. The number of hydrogen-bond donors (Lipinski definition) is 0. The van der Waals surface area contributed by atoms with Crippen molar-refractivity contribution in [1.82, 2.24) is 20.0 Å². The van der Waals surface area contributed by atoms with E-state index in [1.54, 1.807) is 23.0 Å². The first-order valence-corrected chi connectivity index (χ1v) is 4.15. The molecule has 4 nitrogen and oxygen atoms in total. The molecule has 0 amide bonds. The summed E-state index contributed by atoms with van der Waals surface area (Å²) in [6.07, 6.45) is 1.71. The number of nitrogens with zero attached hydrogens (tertiary/aromatic N) is 4. The molecule has 0 aliphatic rings. The smallest absolute Gasteiger partial charge is 0.176 e. The molecule has 0 radical (unpaired) electrons. The monoisotopic (exact) mass is 194 g/mol. The van der Waals surface area contributed by atoms with Gasteiger partial charge in [-0.2, -0.15) is 5.10 Å². The van der Waals surface area contributed by atoms with Crippen LogP contribution < -0.4 is 0 Å². The summed E-state index contributed by atoms with van der Waals surface area (Å²) in [5.41, 5.74) is 1.01. The number of rotatable bonds is 1. The molecule has 66 valence electrons. The van der Waals surface area contributed by atoms with E-state index in [1.165, 1.54) is 0 Å². The van der Waals surface area contributed by atoms with Crippen LogP contribution in [0.25, 0.3) is 5.82 Å². The summed E-state index contributed by atoms with van der Waals surface area (Å²) in [6.45, 7) is 1.95. The first-order chi connectivity index (χ1) is 6.27. The Kier molecular flexibility index (Phi) is 1.98. The van der Waals surface area contributed by atoms with E-state index in [4.69, 9.17) is 11.6 Å². The van der Waals surface area contributed by atoms with Crippen LogP contribution in [0.1, 0.15) is 5.69 Å². The standard InChI is InChI=1S/C8H7ClN4/c1-6-4-5-10-13(6)8-3-2-7(9)11-12-8/h2-5H,1H3. The molecule has 13 heavy (non-hydrogen) atoms. The van der Waals surface area contributed by atoms with Gasteiger partial charge >= 0.3 is 0 Å². The molecule has 0 bridgehead atoms. The second-order valence-electron chi connectivity index (χ2n) is 2.60. The lowest BCUT2D eigenvalue weighted by molar-refractivity contribution is 0.790. The lowest BCUT2D eigenvalue weighted by atomic mass is 10.4. The molecular formula is C8H7ClN4. The van der Waals surface area contributed by atoms with Crippen LogP contribution in [0.3, 0.4) is 0 Å². The summed E-state index contributed by atoms with van der Waals surface area (Å²) < 4.78 is 1.70. The molecule has 0 unspecified atom stereocenters. The molecular weight excluding hydrogens is 188 g/mol. The average molecular weight is 195 g/mol. The van der Waals surface area contributed by atoms with Crippen LogP contribution in [0.15, 0.2) is 24.4 Å². The molecule has 0 aromatic carbocycles. The summed E-state index contributed by atoms with van der Waals surface area (Å²) in [5.74, 6) is 0.673. The fourth-order valence-electron chi connectivity index (χ4n) is 1.03. The van der Waals surface area contributed by atoms with E-state index in [2.05, 4.69) is 15.3 Å². The number of aryl methyl sites for hydroxylation is 1. The minimum atomic E-state index is 0.383. The number of halogens is 1. The van der Waals surface area contributed by atoms with Crippen LogP contribution in [0, 0.1) is 6.92 Å². The zero-order valence-electron chi connectivity index (χ0n) is 6.98. The highest BCUT2D eigenvalue weighted by Crippen LogP contribution is 2.07. The van der Waals surface area contributed by atoms with Crippen molar-refractivity contribution in [3.63, 3.8) is 0 Å². The second-order valence-corrected chi connectivity index (χ2v) is 2.99. The maximum absolute atomic E-state index is 5.61. The molecule has 2 aromatic heterocycles. The Bertz CT molecular complexity index is 406. The molecule has 0 aliphatic carbocycles. The summed E-state index contributed by atoms with van der Waals surface area (Å²) >= 11 is 5.61. The largest absolute Gasteiger partial charge is 0.218 e. The minimum absolute atomic E-state index is 0.383. The Morgan fingerprint density at radius 1 is 1.23 bits per heavy atom. The van der Waals surface area contributed by atoms with E-state index in [9.17, 15) is 0 Å². The van der Waals surface area contributed by atoms with Gasteiger partial charge in [-0.05, 0) is 25.1 Å². The van der Waals surface area contributed by atoms with E-state index in [0.29, 0.717) is 11.0 Å². The van der Waals surface area contributed by atoms with Crippen molar-refractivity contribution < 1.29 is 0 Å². The van der Waals surface area contributed by atoms with Crippen LogP contribution in [0.2, 0.25) is 5.15 Å². The normalized spacial score (nSPS) is 10.3. The van der Waals surface area contributed by atoms with Crippen molar-refractivity contribution in [2.45, 2.75) is 6.92 Å². The highest BCUT2D eigenvalue weighted by Gasteiger charge is 2.01. The highest BCUT2D eigenvalue weighted by atomic mass is 35.5. The maximum Gasteiger partial charge on any atom is 0.176 e.